The van der Waals surface area contributed by atoms with Gasteiger partial charge >= 0.3 is 0 Å². The molecule has 0 spiro atoms. The van der Waals surface area contributed by atoms with Gasteiger partial charge in [0.25, 0.3) is 0 Å². The first-order valence-corrected chi connectivity index (χ1v) is 8.81. The van der Waals surface area contributed by atoms with Crippen LogP contribution in [0.3, 0.4) is 0 Å². The Hall–Kier alpha value is -1.88. The van der Waals surface area contributed by atoms with Gasteiger partial charge in [-0.2, -0.15) is 0 Å². The van der Waals surface area contributed by atoms with E-state index in [-0.39, 0.29) is 18.4 Å². The molecule has 132 valence electrons. The number of carbonyl (C=O) groups is 2. The number of likely N-dealkylation sites (N-methyl/N-ethyl adjacent to an activating group) is 1. The molecule has 1 aliphatic heterocycles. The molecule has 0 bridgehead atoms. The third-order valence-corrected chi connectivity index (χ3v) is 4.70. The Morgan fingerprint density at radius 2 is 1.75 bits per heavy atom. The number of piperazine rings is 1. The minimum absolute atomic E-state index is 0.0273. The number of anilines is 1. The molecule has 0 unspecified atom stereocenters. The van der Waals surface area contributed by atoms with Crippen LogP contribution in [0.15, 0.2) is 24.3 Å². The summed E-state index contributed by atoms with van der Waals surface area (Å²) in [4.78, 5) is 30.7. The SMILES string of the molecule is CCN1CCN(C(=O)CN(C(C)=O)c2ccccc2C(C)C)CC1. The van der Waals surface area contributed by atoms with Crippen molar-refractivity contribution in [3.05, 3.63) is 29.8 Å². The zero-order chi connectivity index (χ0) is 17.7. The highest BCUT2D eigenvalue weighted by molar-refractivity contribution is 5.98. The number of rotatable bonds is 5. The summed E-state index contributed by atoms with van der Waals surface area (Å²) in [6, 6.07) is 7.85. The smallest absolute Gasteiger partial charge is 0.242 e. The number of carbonyl (C=O) groups excluding carboxylic acids is 2. The zero-order valence-corrected chi connectivity index (χ0v) is 15.3. The van der Waals surface area contributed by atoms with E-state index in [0.29, 0.717) is 5.92 Å². The third-order valence-electron chi connectivity index (χ3n) is 4.70. The van der Waals surface area contributed by atoms with E-state index in [0.717, 1.165) is 44.0 Å². The fourth-order valence-electron chi connectivity index (χ4n) is 3.14. The number of benzene rings is 1. The summed E-state index contributed by atoms with van der Waals surface area (Å²) in [7, 11) is 0. The van der Waals surface area contributed by atoms with Crippen LogP contribution in [0.4, 0.5) is 5.69 Å². The Morgan fingerprint density at radius 3 is 2.29 bits per heavy atom. The fraction of sp³-hybridized carbons (Fsp3) is 0.579. The minimum Gasteiger partial charge on any atom is -0.339 e. The first kappa shape index (κ1) is 18.5. The Balaban J connectivity index is 2.12. The van der Waals surface area contributed by atoms with Crippen molar-refractivity contribution in [2.24, 2.45) is 0 Å². The molecule has 1 fully saturated rings. The van der Waals surface area contributed by atoms with E-state index >= 15 is 0 Å². The molecule has 24 heavy (non-hydrogen) atoms. The van der Waals surface area contributed by atoms with Crippen molar-refractivity contribution in [1.29, 1.82) is 0 Å². The van der Waals surface area contributed by atoms with Crippen LogP contribution >= 0.6 is 0 Å². The molecule has 0 aliphatic carbocycles. The monoisotopic (exact) mass is 331 g/mol. The Labute approximate surface area is 145 Å². The van der Waals surface area contributed by atoms with E-state index in [1.165, 1.54) is 6.92 Å². The topological polar surface area (TPSA) is 43.9 Å². The summed E-state index contributed by atoms with van der Waals surface area (Å²) in [6.45, 7) is 12.3. The average Bonchev–Trinajstić information content (AvgIpc) is 2.59. The molecular formula is C19H29N3O2. The highest BCUT2D eigenvalue weighted by Crippen LogP contribution is 2.27. The standard InChI is InChI=1S/C19H29N3O2/c1-5-20-10-12-21(13-11-20)19(24)14-22(16(4)23)18-9-7-6-8-17(18)15(2)3/h6-9,15H,5,10-14H2,1-4H3. The molecule has 5 heteroatoms. The highest BCUT2D eigenvalue weighted by Gasteiger charge is 2.25. The van der Waals surface area contributed by atoms with E-state index in [1.54, 1.807) is 4.90 Å². The van der Waals surface area contributed by atoms with Crippen molar-refractivity contribution in [2.75, 3.05) is 44.2 Å². The van der Waals surface area contributed by atoms with Crippen LogP contribution < -0.4 is 4.90 Å². The lowest BCUT2D eigenvalue weighted by Gasteiger charge is -2.35. The quantitative estimate of drug-likeness (QED) is 0.832. The molecule has 1 aromatic carbocycles. The molecule has 0 saturated carbocycles. The molecule has 1 heterocycles. The number of nitrogens with zero attached hydrogens (tertiary/aromatic N) is 3. The van der Waals surface area contributed by atoms with E-state index in [4.69, 9.17) is 0 Å². The maximum Gasteiger partial charge on any atom is 0.242 e. The Kier molecular flexibility index (Phi) is 6.37. The maximum absolute atomic E-state index is 12.7. The van der Waals surface area contributed by atoms with Crippen molar-refractivity contribution in [3.63, 3.8) is 0 Å². The molecule has 0 aromatic heterocycles. The second kappa shape index (κ2) is 8.29. The van der Waals surface area contributed by atoms with Crippen LogP contribution in [0.5, 0.6) is 0 Å². The minimum atomic E-state index is -0.0938. The molecular weight excluding hydrogens is 302 g/mol. The van der Waals surface area contributed by atoms with Crippen molar-refractivity contribution in [2.45, 2.75) is 33.6 Å². The van der Waals surface area contributed by atoms with Crippen LogP contribution in [0.25, 0.3) is 0 Å². The van der Waals surface area contributed by atoms with Gasteiger partial charge in [-0.15, -0.1) is 0 Å². The lowest BCUT2D eigenvalue weighted by molar-refractivity contribution is -0.132. The van der Waals surface area contributed by atoms with E-state index in [2.05, 4.69) is 25.7 Å². The maximum atomic E-state index is 12.7. The Bertz CT molecular complexity index is 578. The molecule has 1 aliphatic rings. The molecule has 1 aromatic rings. The molecule has 1 saturated heterocycles. The molecule has 5 nitrogen and oxygen atoms in total. The van der Waals surface area contributed by atoms with Crippen LogP contribution in [0.2, 0.25) is 0 Å². The van der Waals surface area contributed by atoms with E-state index < -0.39 is 0 Å². The number of amides is 2. The summed E-state index contributed by atoms with van der Waals surface area (Å²) >= 11 is 0. The van der Waals surface area contributed by atoms with Gasteiger partial charge in [0.15, 0.2) is 0 Å². The third kappa shape index (κ3) is 4.35. The van der Waals surface area contributed by atoms with Gasteiger partial charge < -0.3 is 14.7 Å². The number of hydrogen-bond donors (Lipinski definition) is 0. The number of para-hydroxylation sites is 1. The normalized spacial score (nSPS) is 15.6. The lowest BCUT2D eigenvalue weighted by Crippen LogP contribution is -2.51. The van der Waals surface area contributed by atoms with Gasteiger partial charge in [0.05, 0.1) is 0 Å². The van der Waals surface area contributed by atoms with Gasteiger partial charge in [-0.1, -0.05) is 39.0 Å². The van der Waals surface area contributed by atoms with E-state index in [1.807, 2.05) is 29.2 Å². The fourth-order valence-corrected chi connectivity index (χ4v) is 3.14. The van der Waals surface area contributed by atoms with Crippen LogP contribution in [0, 0.1) is 0 Å². The predicted octanol–water partition coefficient (Wildman–Crippen LogP) is 2.33. The van der Waals surface area contributed by atoms with Crippen molar-refractivity contribution in [3.8, 4) is 0 Å². The first-order valence-electron chi connectivity index (χ1n) is 8.81. The van der Waals surface area contributed by atoms with Gasteiger partial charge in [-0.25, -0.2) is 0 Å². The molecule has 2 rings (SSSR count). The van der Waals surface area contributed by atoms with Crippen LogP contribution in [0.1, 0.15) is 39.2 Å². The second-order valence-corrected chi connectivity index (χ2v) is 6.63. The largest absolute Gasteiger partial charge is 0.339 e. The first-order chi connectivity index (χ1) is 11.4. The number of hydrogen-bond acceptors (Lipinski definition) is 3. The van der Waals surface area contributed by atoms with Crippen molar-refractivity contribution in [1.82, 2.24) is 9.80 Å². The van der Waals surface area contributed by atoms with Crippen molar-refractivity contribution >= 4 is 17.5 Å². The summed E-state index contributed by atoms with van der Waals surface area (Å²) in [5, 5.41) is 0. The summed E-state index contributed by atoms with van der Waals surface area (Å²) in [6.07, 6.45) is 0. The molecule has 0 atom stereocenters. The second-order valence-electron chi connectivity index (χ2n) is 6.63. The van der Waals surface area contributed by atoms with Gasteiger partial charge in [-0.3, -0.25) is 9.59 Å². The lowest BCUT2D eigenvalue weighted by atomic mass is 10.0. The molecule has 2 amide bonds. The summed E-state index contributed by atoms with van der Waals surface area (Å²) in [5.74, 6) is 0.231. The molecule has 0 N–H and O–H groups in total. The van der Waals surface area contributed by atoms with Crippen LogP contribution in [-0.2, 0) is 9.59 Å². The van der Waals surface area contributed by atoms with Gasteiger partial charge in [-0.05, 0) is 24.1 Å². The van der Waals surface area contributed by atoms with Crippen molar-refractivity contribution < 1.29 is 9.59 Å². The molecule has 0 radical (unpaired) electrons. The Morgan fingerprint density at radius 1 is 1.12 bits per heavy atom. The van der Waals surface area contributed by atoms with Crippen LogP contribution in [-0.4, -0.2) is 60.9 Å². The van der Waals surface area contributed by atoms with Gasteiger partial charge in [0.1, 0.15) is 6.54 Å². The highest BCUT2D eigenvalue weighted by atomic mass is 16.2. The predicted molar refractivity (Wildman–Crippen MR) is 97.3 cm³/mol. The average molecular weight is 331 g/mol. The van der Waals surface area contributed by atoms with Gasteiger partial charge in [0.2, 0.25) is 11.8 Å². The zero-order valence-electron chi connectivity index (χ0n) is 15.3. The summed E-state index contributed by atoms with van der Waals surface area (Å²) in [5.41, 5.74) is 1.94. The summed E-state index contributed by atoms with van der Waals surface area (Å²) < 4.78 is 0. The van der Waals surface area contributed by atoms with E-state index in [9.17, 15) is 9.59 Å². The van der Waals surface area contributed by atoms with Gasteiger partial charge in [0, 0.05) is 38.8 Å².